The monoisotopic (exact) mass is 348 g/mol. The van der Waals surface area contributed by atoms with Gasteiger partial charge in [0.25, 0.3) is 0 Å². The van der Waals surface area contributed by atoms with Crippen LogP contribution in [0.25, 0.3) is 0 Å². The molecule has 4 heteroatoms. The van der Waals surface area contributed by atoms with Crippen LogP contribution in [0.1, 0.15) is 26.0 Å². The van der Waals surface area contributed by atoms with Gasteiger partial charge in [-0.1, -0.05) is 15.9 Å². The molecule has 16 heavy (non-hydrogen) atoms. The first-order valence-corrected chi connectivity index (χ1v) is 7.45. The Kier molecular flexibility index (Phi) is 6.54. The fourth-order valence-electron chi connectivity index (χ4n) is 1.49. The van der Waals surface area contributed by atoms with E-state index in [4.69, 9.17) is 0 Å². The summed E-state index contributed by atoms with van der Waals surface area (Å²) in [4.78, 5) is 6.85. The largest absolute Gasteiger partial charge is 0.295 e. The highest BCUT2D eigenvalue weighted by atomic mass is 79.9. The molecule has 0 aromatic carbocycles. The van der Waals surface area contributed by atoms with Crippen LogP contribution in [0.15, 0.2) is 22.8 Å². The molecule has 1 aromatic heterocycles. The van der Waals surface area contributed by atoms with E-state index in [1.165, 1.54) is 6.42 Å². The molecular weight excluding hydrogens is 332 g/mol. The lowest BCUT2D eigenvalue weighted by atomic mass is 10.2. The second kappa shape index (κ2) is 7.41. The first-order valence-electron chi connectivity index (χ1n) is 5.54. The summed E-state index contributed by atoms with van der Waals surface area (Å²) in [5, 5.41) is 1.06. The van der Waals surface area contributed by atoms with E-state index in [1.807, 2.05) is 12.3 Å². The van der Waals surface area contributed by atoms with Crippen LogP contribution in [0.3, 0.4) is 0 Å². The highest BCUT2D eigenvalue weighted by Gasteiger charge is 2.09. The molecule has 0 saturated heterocycles. The van der Waals surface area contributed by atoms with Crippen molar-refractivity contribution in [3.05, 3.63) is 28.5 Å². The molecule has 0 saturated carbocycles. The number of alkyl halides is 1. The average molecular weight is 350 g/mol. The van der Waals surface area contributed by atoms with Gasteiger partial charge in [-0.25, -0.2) is 0 Å². The number of aromatic nitrogens is 1. The molecule has 0 atom stereocenters. The average Bonchev–Trinajstić information content (AvgIpc) is 2.26. The predicted octanol–water partition coefficient (Wildman–Crippen LogP) is 3.84. The molecule has 1 aromatic rings. The first-order chi connectivity index (χ1) is 7.63. The van der Waals surface area contributed by atoms with Gasteiger partial charge in [-0.2, -0.15) is 0 Å². The predicted molar refractivity (Wildman–Crippen MR) is 75.9 cm³/mol. The van der Waals surface area contributed by atoms with Crippen LogP contribution in [0.2, 0.25) is 0 Å². The zero-order valence-electron chi connectivity index (χ0n) is 9.79. The van der Waals surface area contributed by atoms with Crippen molar-refractivity contribution >= 4 is 31.9 Å². The van der Waals surface area contributed by atoms with E-state index in [0.717, 1.165) is 28.6 Å². The second-order valence-corrected chi connectivity index (χ2v) is 5.78. The Morgan fingerprint density at radius 1 is 1.38 bits per heavy atom. The second-order valence-electron chi connectivity index (χ2n) is 4.07. The molecule has 0 radical (unpaired) electrons. The van der Waals surface area contributed by atoms with Gasteiger partial charge in [0.15, 0.2) is 0 Å². The van der Waals surface area contributed by atoms with Crippen molar-refractivity contribution in [1.82, 2.24) is 9.88 Å². The van der Waals surface area contributed by atoms with Crippen molar-refractivity contribution in [3.63, 3.8) is 0 Å². The van der Waals surface area contributed by atoms with Crippen molar-refractivity contribution in [1.29, 1.82) is 0 Å². The maximum absolute atomic E-state index is 4.41. The molecule has 0 aliphatic carbocycles. The number of pyridine rings is 1. The van der Waals surface area contributed by atoms with Crippen LogP contribution in [0.4, 0.5) is 0 Å². The van der Waals surface area contributed by atoms with Crippen molar-refractivity contribution in [2.24, 2.45) is 0 Å². The summed E-state index contributed by atoms with van der Waals surface area (Å²) >= 11 is 6.87. The van der Waals surface area contributed by atoms with Gasteiger partial charge >= 0.3 is 0 Å². The molecule has 0 spiro atoms. The summed E-state index contributed by atoms with van der Waals surface area (Å²) in [5.74, 6) is 0. The summed E-state index contributed by atoms with van der Waals surface area (Å²) in [6.07, 6.45) is 3.03. The van der Waals surface area contributed by atoms with E-state index in [0.29, 0.717) is 6.04 Å². The summed E-state index contributed by atoms with van der Waals surface area (Å²) in [5.41, 5.74) is 1.13. The zero-order chi connectivity index (χ0) is 12.0. The molecule has 0 amide bonds. The first kappa shape index (κ1) is 14.1. The standard InChI is InChI=1S/C12H18Br2N2/c1-10(2)16(7-3-6-13)9-12-5-4-11(14)8-15-12/h4-5,8,10H,3,6-7,9H2,1-2H3. The van der Waals surface area contributed by atoms with Crippen molar-refractivity contribution in [2.75, 3.05) is 11.9 Å². The van der Waals surface area contributed by atoms with Crippen molar-refractivity contribution < 1.29 is 0 Å². The molecule has 2 nitrogen and oxygen atoms in total. The van der Waals surface area contributed by atoms with Crippen LogP contribution in [-0.2, 0) is 6.54 Å². The SMILES string of the molecule is CC(C)N(CCCBr)Cc1ccc(Br)cn1. The van der Waals surface area contributed by atoms with Gasteiger partial charge in [-0.3, -0.25) is 9.88 Å². The molecule has 1 heterocycles. The van der Waals surface area contributed by atoms with Gasteiger partial charge in [0.05, 0.1) is 5.69 Å². The van der Waals surface area contributed by atoms with Gasteiger partial charge < -0.3 is 0 Å². The molecule has 0 fully saturated rings. The van der Waals surface area contributed by atoms with Crippen molar-refractivity contribution in [3.8, 4) is 0 Å². The van der Waals surface area contributed by atoms with Gasteiger partial charge in [-0.15, -0.1) is 0 Å². The van der Waals surface area contributed by atoms with E-state index in [9.17, 15) is 0 Å². The normalized spacial score (nSPS) is 11.4. The lowest BCUT2D eigenvalue weighted by Gasteiger charge is -2.25. The lowest BCUT2D eigenvalue weighted by molar-refractivity contribution is 0.211. The summed E-state index contributed by atoms with van der Waals surface area (Å²) in [6.45, 7) is 6.50. The minimum absolute atomic E-state index is 0.560. The van der Waals surface area contributed by atoms with Crippen LogP contribution >= 0.6 is 31.9 Å². The third-order valence-corrected chi connectivity index (χ3v) is 3.49. The third kappa shape index (κ3) is 4.93. The molecule has 0 aliphatic heterocycles. The van der Waals surface area contributed by atoms with E-state index in [2.05, 4.69) is 61.7 Å². The Bertz CT molecular complexity index is 298. The molecule has 90 valence electrons. The smallest absolute Gasteiger partial charge is 0.0544 e. The Balaban J connectivity index is 2.57. The maximum Gasteiger partial charge on any atom is 0.0544 e. The fourth-order valence-corrected chi connectivity index (χ4v) is 1.98. The van der Waals surface area contributed by atoms with E-state index in [-0.39, 0.29) is 0 Å². The number of nitrogens with zero attached hydrogens (tertiary/aromatic N) is 2. The molecule has 0 unspecified atom stereocenters. The van der Waals surface area contributed by atoms with Crippen LogP contribution in [0, 0.1) is 0 Å². The highest BCUT2D eigenvalue weighted by Crippen LogP contribution is 2.11. The Morgan fingerprint density at radius 2 is 2.12 bits per heavy atom. The lowest BCUT2D eigenvalue weighted by Crippen LogP contribution is -2.31. The molecule has 0 bridgehead atoms. The van der Waals surface area contributed by atoms with Gasteiger partial charge in [0.1, 0.15) is 0 Å². The Hall–Kier alpha value is 0.0700. The van der Waals surface area contributed by atoms with E-state index in [1.54, 1.807) is 0 Å². The quantitative estimate of drug-likeness (QED) is 0.725. The van der Waals surface area contributed by atoms with Crippen LogP contribution in [0.5, 0.6) is 0 Å². The van der Waals surface area contributed by atoms with E-state index >= 15 is 0 Å². The van der Waals surface area contributed by atoms with Crippen LogP contribution < -0.4 is 0 Å². The fraction of sp³-hybridized carbons (Fsp3) is 0.583. The molecule has 0 aliphatic rings. The topological polar surface area (TPSA) is 16.1 Å². The Morgan fingerprint density at radius 3 is 2.62 bits per heavy atom. The highest BCUT2D eigenvalue weighted by molar-refractivity contribution is 9.10. The minimum Gasteiger partial charge on any atom is -0.295 e. The van der Waals surface area contributed by atoms with E-state index < -0.39 is 0 Å². The maximum atomic E-state index is 4.41. The molecular formula is C12H18Br2N2. The zero-order valence-corrected chi connectivity index (χ0v) is 13.0. The van der Waals surface area contributed by atoms with Gasteiger partial charge in [0.2, 0.25) is 0 Å². The summed E-state index contributed by atoms with van der Waals surface area (Å²) in [6, 6.07) is 4.68. The summed E-state index contributed by atoms with van der Waals surface area (Å²) < 4.78 is 1.04. The molecule has 1 rings (SSSR count). The number of rotatable bonds is 6. The Labute approximate surface area is 115 Å². The minimum atomic E-state index is 0.560. The molecule has 0 N–H and O–H groups in total. The van der Waals surface area contributed by atoms with Gasteiger partial charge in [0, 0.05) is 28.6 Å². The summed E-state index contributed by atoms with van der Waals surface area (Å²) in [7, 11) is 0. The number of halogens is 2. The third-order valence-electron chi connectivity index (χ3n) is 2.46. The van der Waals surface area contributed by atoms with Gasteiger partial charge in [-0.05, 0) is 54.9 Å². The van der Waals surface area contributed by atoms with Crippen LogP contribution in [-0.4, -0.2) is 27.8 Å². The number of hydrogen-bond acceptors (Lipinski definition) is 2. The van der Waals surface area contributed by atoms with Crippen molar-refractivity contribution in [2.45, 2.75) is 32.9 Å². The number of hydrogen-bond donors (Lipinski definition) is 0.